The van der Waals surface area contributed by atoms with E-state index in [0.717, 1.165) is 46.5 Å². The molecule has 0 bridgehead atoms. The molecule has 32 heavy (non-hydrogen) atoms. The first-order valence-electron chi connectivity index (χ1n) is 11.0. The third-order valence-electron chi connectivity index (χ3n) is 6.59. The van der Waals surface area contributed by atoms with Crippen molar-refractivity contribution < 1.29 is 19.0 Å². The van der Waals surface area contributed by atoms with Crippen LogP contribution >= 0.6 is 0 Å². The molecule has 1 aliphatic heterocycles. The number of carbonyl (C=O) groups is 1. The summed E-state index contributed by atoms with van der Waals surface area (Å²) in [7, 11) is 1.65. The molecular formula is C25H29N3O4. The number of carbonyl (C=O) groups excluding carboxylic acids is 1. The summed E-state index contributed by atoms with van der Waals surface area (Å²) in [4.78, 5) is 19.5. The second-order valence-corrected chi connectivity index (χ2v) is 8.94. The number of fused-ring (bicyclic) bond motifs is 4. The van der Waals surface area contributed by atoms with Gasteiger partial charge in [0.05, 0.1) is 31.1 Å². The van der Waals surface area contributed by atoms with Crippen LogP contribution in [0.3, 0.4) is 0 Å². The van der Waals surface area contributed by atoms with Crippen LogP contribution < -0.4 is 15.4 Å². The molecule has 2 aliphatic rings. The van der Waals surface area contributed by atoms with Gasteiger partial charge >= 0.3 is 0 Å². The molecule has 1 aliphatic carbocycles. The number of nitrogens with two attached hydrogens (primary N) is 1. The van der Waals surface area contributed by atoms with Gasteiger partial charge in [-0.3, -0.25) is 4.79 Å². The molecule has 0 unspecified atom stereocenters. The van der Waals surface area contributed by atoms with Crippen LogP contribution in [0.2, 0.25) is 0 Å². The number of rotatable bonds is 5. The average Bonchev–Trinajstić information content (AvgIpc) is 3.18. The van der Waals surface area contributed by atoms with Crippen molar-refractivity contribution >= 4 is 28.1 Å². The predicted octanol–water partition coefficient (Wildman–Crippen LogP) is 3.48. The molecule has 0 atom stereocenters. The summed E-state index contributed by atoms with van der Waals surface area (Å²) >= 11 is 0. The number of nitrogen functional groups attached to an aromatic ring is 1. The molecule has 0 radical (unpaired) electrons. The van der Waals surface area contributed by atoms with Crippen LogP contribution in [0.4, 0.5) is 11.4 Å². The molecule has 0 saturated carbocycles. The Labute approximate surface area is 187 Å². The molecule has 168 valence electrons. The Kier molecular flexibility index (Phi) is 5.10. The summed E-state index contributed by atoms with van der Waals surface area (Å²) in [5.74, 6) is 0.717. The number of hydrogen-bond donors (Lipinski definition) is 2. The lowest BCUT2D eigenvalue weighted by molar-refractivity contribution is 0.103. The minimum Gasteiger partial charge on any atom is -0.489 e. The Morgan fingerprint density at radius 1 is 1.16 bits per heavy atom. The lowest BCUT2D eigenvalue weighted by atomic mass is 9.71. The van der Waals surface area contributed by atoms with Crippen molar-refractivity contribution in [3.8, 4) is 5.75 Å². The fourth-order valence-electron chi connectivity index (χ4n) is 4.86. The highest BCUT2D eigenvalue weighted by Crippen LogP contribution is 2.47. The zero-order valence-corrected chi connectivity index (χ0v) is 18.8. The molecule has 0 amide bonds. The van der Waals surface area contributed by atoms with Crippen molar-refractivity contribution in [2.45, 2.75) is 19.3 Å². The number of methoxy groups -OCH3 is 1. The summed E-state index contributed by atoms with van der Waals surface area (Å²) in [6.45, 7) is 8.12. The number of aromatic nitrogens is 1. The first-order chi connectivity index (χ1) is 15.4. The minimum atomic E-state index is -0.390. The van der Waals surface area contributed by atoms with Crippen LogP contribution in [0.5, 0.6) is 5.75 Å². The van der Waals surface area contributed by atoms with E-state index in [1.165, 1.54) is 0 Å². The lowest BCUT2D eigenvalue weighted by Gasteiger charge is -2.36. The maximum absolute atomic E-state index is 13.8. The number of anilines is 2. The van der Waals surface area contributed by atoms with Gasteiger partial charge in [0, 0.05) is 53.5 Å². The maximum atomic E-state index is 13.8. The SMILES string of the molecule is COCCOc1cc2c(cc1N1CCOCC1)C(C)(C)c1[nH]c3cc(N)ccc3c1C2=O. The van der Waals surface area contributed by atoms with Crippen molar-refractivity contribution in [1.82, 2.24) is 4.98 Å². The number of hydrogen-bond acceptors (Lipinski definition) is 6. The Morgan fingerprint density at radius 3 is 2.69 bits per heavy atom. The van der Waals surface area contributed by atoms with E-state index in [9.17, 15) is 4.79 Å². The number of nitrogens with one attached hydrogen (secondary N) is 1. The second-order valence-electron chi connectivity index (χ2n) is 8.94. The van der Waals surface area contributed by atoms with Crippen molar-refractivity contribution in [2.24, 2.45) is 0 Å². The van der Waals surface area contributed by atoms with E-state index < -0.39 is 5.41 Å². The average molecular weight is 436 g/mol. The largest absolute Gasteiger partial charge is 0.489 e. The molecule has 2 aromatic carbocycles. The summed E-state index contributed by atoms with van der Waals surface area (Å²) in [5, 5.41) is 0.900. The molecule has 0 spiro atoms. The highest BCUT2D eigenvalue weighted by atomic mass is 16.5. The van der Waals surface area contributed by atoms with E-state index in [2.05, 4.69) is 29.8 Å². The topological polar surface area (TPSA) is 89.8 Å². The van der Waals surface area contributed by atoms with Crippen LogP contribution in [0.1, 0.15) is 41.0 Å². The van der Waals surface area contributed by atoms with Gasteiger partial charge in [-0.25, -0.2) is 0 Å². The molecule has 2 heterocycles. The molecular weight excluding hydrogens is 406 g/mol. The van der Waals surface area contributed by atoms with E-state index in [1.54, 1.807) is 7.11 Å². The van der Waals surface area contributed by atoms with Crippen LogP contribution in [0.25, 0.3) is 10.9 Å². The van der Waals surface area contributed by atoms with Crippen LogP contribution in [0, 0.1) is 0 Å². The van der Waals surface area contributed by atoms with Crippen molar-refractivity contribution in [2.75, 3.05) is 57.3 Å². The number of aromatic amines is 1. The number of morpholine rings is 1. The Morgan fingerprint density at radius 2 is 1.94 bits per heavy atom. The quantitative estimate of drug-likeness (QED) is 0.471. The molecule has 1 aromatic heterocycles. The Hall–Kier alpha value is -3.03. The predicted molar refractivity (Wildman–Crippen MR) is 125 cm³/mol. The smallest absolute Gasteiger partial charge is 0.195 e. The van der Waals surface area contributed by atoms with Gasteiger partial charge < -0.3 is 29.8 Å². The van der Waals surface area contributed by atoms with Crippen LogP contribution in [-0.2, 0) is 14.9 Å². The molecule has 1 fully saturated rings. The first kappa shape index (κ1) is 20.8. The van der Waals surface area contributed by atoms with Gasteiger partial charge in [0.2, 0.25) is 0 Å². The number of benzene rings is 2. The zero-order chi connectivity index (χ0) is 22.5. The lowest BCUT2D eigenvalue weighted by Crippen LogP contribution is -2.37. The summed E-state index contributed by atoms with van der Waals surface area (Å²) < 4.78 is 16.8. The number of nitrogens with zero attached hydrogens (tertiary/aromatic N) is 1. The number of H-pyrrole nitrogens is 1. The Balaban J connectivity index is 1.68. The summed E-state index contributed by atoms with van der Waals surface area (Å²) in [6, 6.07) is 9.70. The highest BCUT2D eigenvalue weighted by molar-refractivity contribution is 6.20. The Bertz CT molecular complexity index is 1190. The number of ether oxygens (including phenoxy) is 3. The second kappa shape index (κ2) is 7.83. The minimum absolute atomic E-state index is 0.00969. The summed E-state index contributed by atoms with van der Waals surface area (Å²) in [6.07, 6.45) is 0. The molecule has 7 heteroatoms. The van der Waals surface area contributed by atoms with Gasteiger partial charge in [0.1, 0.15) is 12.4 Å². The van der Waals surface area contributed by atoms with Gasteiger partial charge in [-0.05, 0) is 29.8 Å². The molecule has 3 aromatic rings. The standard InChI is InChI=1S/C25H29N3O4/c1-25(2)18-14-20(28-6-8-31-9-7-28)21(32-11-10-30-3)13-17(18)23(29)22-16-5-4-15(26)12-19(16)27-24(22)25/h4-5,12-14,27H,6-11,26H2,1-3H3. The van der Waals surface area contributed by atoms with Gasteiger partial charge in [0.15, 0.2) is 5.78 Å². The number of ketones is 1. The zero-order valence-electron chi connectivity index (χ0n) is 18.8. The monoisotopic (exact) mass is 435 g/mol. The molecule has 1 saturated heterocycles. The van der Waals surface area contributed by atoms with Gasteiger partial charge in [-0.15, -0.1) is 0 Å². The fourth-order valence-corrected chi connectivity index (χ4v) is 4.86. The van der Waals surface area contributed by atoms with E-state index in [0.29, 0.717) is 43.4 Å². The van der Waals surface area contributed by atoms with E-state index in [1.807, 2.05) is 24.3 Å². The van der Waals surface area contributed by atoms with E-state index in [4.69, 9.17) is 19.9 Å². The van der Waals surface area contributed by atoms with Crippen molar-refractivity contribution in [3.63, 3.8) is 0 Å². The van der Waals surface area contributed by atoms with Gasteiger partial charge in [-0.1, -0.05) is 19.9 Å². The molecule has 3 N–H and O–H groups in total. The third-order valence-corrected chi connectivity index (χ3v) is 6.59. The van der Waals surface area contributed by atoms with Crippen LogP contribution in [-0.4, -0.2) is 57.4 Å². The maximum Gasteiger partial charge on any atom is 0.195 e. The van der Waals surface area contributed by atoms with Gasteiger partial charge in [-0.2, -0.15) is 0 Å². The normalized spacial score (nSPS) is 17.3. The van der Waals surface area contributed by atoms with Gasteiger partial charge in [0.25, 0.3) is 0 Å². The molecule has 5 rings (SSSR count). The first-order valence-corrected chi connectivity index (χ1v) is 11.0. The fraction of sp³-hybridized carbons (Fsp3) is 0.400. The van der Waals surface area contributed by atoms with Crippen LogP contribution in [0.15, 0.2) is 30.3 Å². The molecule has 7 nitrogen and oxygen atoms in total. The van der Waals surface area contributed by atoms with E-state index >= 15 is 0 Å². The third kappa shape index (κ3) is 3.24. The summed E-state index contributed by atoms with van der Waals surface area (Å²) in [5.41, 5.74) is 11.5. The van der Waals surface area contributed by atoms with Crippen molar-refractivity contribution in [1.29, 1.82) is 0 Å². The van der Waals surface area contributed by atoms with E-state index in [-0.39, 0.29) is 5.78 Å². The highest BCUT2D eigenvalue weighted by Gasteiger charge is 2.41. The van der Waals surface area contributed by atoms with Crippen molar-refractivity contribution in [3.05, 3.63) is 52.7 Å².